The number of carbonyl (C=O) groups excluding carboxylic acids is 1. The molecule has 1 aromatic heterocycles. The Labute approximate surface area is 140 Å². The van der Waals surface area contributed by atoms with Gasteiger partial charge in [-0.2, -0.15) is 0 Å². The van der Waals surface area contributed by atoms with Gasteiger partial charge in [0.15, 0.2) is 0 Å². The van der Waals surface area contributed by atoms with Gasteiger partial charge in [-0.25, -0.2) is 14.4 Å². The van der Waals surface area contributed by atoms with Gasteiger partial charge < -0.3 is 9.80 Å². The number of hydrogen-bond donors (Lipinski definition) is 0. The Morgan fingerprint density at radius 1 is 1.04 bits per heavy atom. The van der Waals surface area contributed by atoms with Gasteiger partial charge in [0.05, 0.1) is 0 Å². The zero-order valence-corrected chi connectivity index (χ0v) is 13.3. The summed E-state index contributed by atoms with van der Waals surface area (Å²) in [5.74, 6) is 1.00. The van der Waals surface area contributed by atoms with Crippen molar-refractivity contribution < 1.29 is 9.18 Å². The van der Waals surface area contributed by atoms with Gasteiger partial charge in [0.2, 0.25) is 11.9 Å². The maximum absolute atomic E-state index is 13.0. The molecule has 0 spiro atoms. The van der Waals surface area contributed by atoms with Crippen LogP contribution in [0.25, 0.3) is 0 Å². The Bertz CT molecular complexity index is 714. The molecule has 124 valence electrons. The van der Waals surface area contributed by atoms with E-state index in [-0.39, 0.29) is 23.6 Å². The van der Waals surface area contributed by atoms with Crippen LogP contribution in [0.3, 0.4) is 0 Å². The zero-order chi connectivity index (χ0) is 16.5. The monoisotopic (exact) mass is 326 g/mol. The van der Waals surface area contributed by atoms with Crippen molar-refractivity contribution in [3.63, 3.8) is 0 Å². The maximum Gasteiger partial charge on any atom is 0.226 e. The number of nitrogens with zero attached hydrogens (tertiary/aromatic N) is 4. The summed E-state index contributed by atoms with van der Waals surface area (Å²) in [6.45, 7) is 2.90. The lowest BCUT2D eigenvalue weighted by Gasteiger charge is -2.34. The van der Waals surface area contributed by atoms with Crippen molar-refractivity contribution in [3.05, 3.63) is 54.1 Å². The van der Waals surface area contributed by atoms with Crippen molar-refractivity contribution in [1.82, 2.24) is 14.9 Å². The highest BCUT2D eigenvalue weighted by Crippen LogP contribution is 2.48. The maximum atomic E-state index is 13.0. The van der Waals surface area contributed by atoms with Gasteiger partial charge in [-0.1, -0.05) is 12.1 Å². The first-order valence-corrected chi connectivity index (χ1v) is 8.28. The topological polar surface area (TPSA) is 49.3 Å². The molecule has 0 N–H and O–H groups in total. The largest absolute Gasteiger partial charge is 0.339 e. The van der Waals surface area contributed by atoms with Crippen molar-refractivity contribution in [2.45, 2.75) is 12.3 Å². The summed E-state index contributed by atoms with van der Waals surface area (Å²) in [7, 11) is 0. The second-order valence-corrected chi connectivity index (χ2v) is 6.36. The number of anilines is 1. The molecule has 2 fully saturated rings. The van der Waals surface area contributed by atoms with Crippen molar-refractivity contribution in [3.8, 4) is 0 Å². The summed E-state index contributed by atoms with van der Waals surface area (Å²) in [6, 6.07) is 8.31. The lowest BCUT2D eigenvalue weighted by Crippen LogP contribution is -2.49. The molecular weight excluding hydrogens is 307 g/mol. The summed E-state index contributed by atoms with van der Waals surface area (Å²) in [6.07, 6.45) is 4.33. The molecule has 1 amide bonds. The van der Waals surface area contributed by atoms with Crippen molar-refractivity contribution in [1.29, 1.82) is 0 Å². The Morgan fingerprint density at radius 3 is 2.38 bits per heavy atom. The van der Waals surface area contributed by atoms with E-state index in [9.17, 15) is 9.18 Å². The Hall–Kier alpha value is -2.50. The van der Waals surface area contributed by atoms with E-state index in [0.29, 0.717) is 13.1 Å². The van der Waals surface area contributed by atoms with Crippen LogP contribution in [-0.4, -0.2) is 47.0 Å². The third-order valence-corrected chi connectivity index (χ3v) is 4.83. The summed E-state index contributed by atoms with van der Waals surface area (Å²) >= 11 is 0. The Kier molecular flexibility index (Phi) is 3.88. The van der Waals surface area contributed by atoms with E-state index < -0.39 is 0 Å². The zero-order valence-electron chi connectivity index (χ0n) is 13.3. The van der Waals surface area contributed by atoms with Gasteiger partial charge in [-0.05, 0) is 36.1 Å². The third-order valence-electron chi connectivity index (χ3n) is 4.83. The van der Waals surface area contributed by atoms with Crippen molar-refractivity contribution in [2.24, 2.45) is 5.92 Å². The van der Waals surface area contributed by atoms with Crippen LogP contribution in [0, 0.1) is 11.7 Å². The summed E-state index contributed by atoms with van der Waals surface area (Å²) < 4.78 is 13.0. The number of piperazine rings is 1. The number of hydrogen-bond acceptors (Lipinski definition) is 4. The number of amides is 1. The molecule has 1 aliphatic heterocycles. The van der Waals surface area contributed by atoms with Gasteiger partial charge in [-0.3, -0.25) is 4.79 Å². The van der Waals surface area contributed by atoms with E-state index in [0.717, 1.165) is 31.0 Å². The first-order chi connectivity index (χ1) is 11.7. The van der Waals surface area contributed by atoms with E-state index in [4.69, 9.17) is 0 Å². The molecule has 4 rings (SSSR count). The van der Waals surface area contributed by atoms with Crippen LogP contribution in [0.15, 0.2) is 42.7 Å². The summed E-state index contributed by atoms with van der Waals surface area (Å²) in [5.41, 5.74) is 1.06. The lowest BCUT2D eigenvalue weighted by atomic mass is 10.1. The molecule has 0 radical (unpaired) electrons. The molecule has 2 heterocycles. The fraction of sp³-hybridized carbons (Fsp3) is 0.389. The second kappa shape index (κ2) is 6.19. The van der Waals surface area contributed by atoms with Crippen molar-refractivity contribution in [2.75, 3.05) is 31.1 Å². The quantitative estimate of drug-likeness (QED) is 0.866. The lowest BCUT2D eigenvalue weighted by molar-refractivity contribution is -0.133. The standard InChI is InChI=1S/C18H19FN4O/c19-14-4-2-13(3-5-14)15-12-16(15)17(24)22-8-10-23(11-9-22)18-20-6-1-7-21-18/h1-7,15-16H,8-12H2. The first kappa shape index (κ1) is 15.1. The highest BCUT2D eigenvalue weighted by molar-refractivity contribution is 5.83. The van der Waals surface area contributed by atoms with E-state index >= 15 is 0 Å². The molecule has 1 saturated carbocycles. The van der Waals surface area contributed by atoms with E-state index in [1.807, 2.05) is 4.90 Å². The minimum Gasteiger partial charge on any atom is -0.339 e. The number of benzene rings is 1. The number of halogens is 1. The number of aromatic nitrogens is 2. The molecule has 1 aromatic carbocycles. The van der Waals surface area contributed by atoms with Crippen LogP contribution in [0.2, 0.25) is 0 Å². The minimum atomic E-state index is -0.235. The Balaban J connectivity index is 1.33. The third kappa shape index (κ3) is 2.96. The highest BCUT2D eigenvalue weighted by Gasteiger charge is 2.46. The average Bonchev–Trinajstić information content (AvgIpc) is 3.43. The predicted octanol–water partition coefficient (Wildman–Crippen LogP) is 2.07. The molecule has 5 nitrogen and oxygen atoms in total. The number of carbonyl (C=O) groups is 1. The van der Waals surface area contributed by atoms with Crippen LogP contribution in [0.1, 0.15) is 17.9 Å². The van der Waals surface area contributed by atoms with Crippen LogP contribution < -0.4 is 4.90 Å². The van der Waals surface area contributed by atoms with Gasteiger partial charge in [0.25, 0.3) is 0 Å². The molecule has 24 heavy (non-hydrogen) atoms. The van der Waals surface area contributed by atoms with E-state index in [2.05, 4.69) is 14.9 Å². The second-order valence-electron chi connectivity index (χ2n) is 6.36. The van der Waals surface area contributed by atoms with Gasteiger partial charge in [-0.15, -0.1) is 0 Å². The van der Waals surface area contributed by atoms with Crippen LogP contribution in [0.5, 0.6) is 0 Å². The molecule has 1 saturated heterocycles. The molecular formula is C18H19FN4O. The SMILES string of the molecule is O=C(C1CC1c1ccc(F)cc1)N1CCN(c2ncccn2)CC1. The van der Waals surface area contributed by atoms with E-state index in [1.165, 1.54) is 12.1 Å². The van der Waals surface area contributed by atoms with E-state index in [1.54, 1.807) is 30.6 Å². The molecule has 0 bridgehead atoms. The average molecular weight is 326 g/mol. The van der Waals surface area contributed by atoms with Crippen LogP contribution >= 0.6 is 0 Å². The van der Waals surface area contributed by atoms with Crippen LogP contribution in [0.4, 0.5) is 10.3 Å². The molecule has 2 unspecified atom stereocenters. The van der Waals surface area contributed by atoms with Gasteiger partial charge >= 0.3 is 0 Å². The summed E-state index contributed by atoms with van der Waals surface area (Å²) in [4.78, 5) is 25.2. The molecule has 6 heteroatoms. The summed E-state index contributed by atoms with van der Waals surface area (Å²) in [5, 5.41) is 0. The molecule has 1 aliphatic carbocycles. The number of rotatable bonds is 3. The Morgan fingerprint density at radius 2 is 1.71 bits per heavy atom. The normalized spacial score (nSPS) is 23.2. The highest BCUT2D eigenvalue weighted by atomic mass is 19.1. The minimum absolute atomic E-state index is 0.0509. The van der Waals surface area contributed by atoms with Crippen LogP contribution in [-0.2, 0) is 4.79 Å². The van der Waals surface area contributed by atoms with Gasteiger partial charge in [0.1, 0.15) is 5.82 Å². The molecule has 2 aliphatic rings. The van der Waals surface area contributed by atoms with Gasteiger partial charge in [0, 0.05) is 44.5 Å². The molecule has 2 atom stereocenters. The fourth-order valence-electron chi connectivity index (χ4n) is 3.36. The first-order valence-electron chi connectivity index (χ1n) is 8.28. The fourth-order valence-corrected chi connectivity index (χ4v) is 3.36. The predicted molar refractivity (Wildman–Crippen MR) is 88.1 cm³/mol. The smallest absolute Gasteiger partial charge is 0.226 e. The molecule has 2 aromatic rings. The van der Waals surface area contributed by atoms with Crippen molar-refractivity contribution >= 4 is 11.9 Å².